The van der Waals surface area contributed by atoms with E-state index in [1.807, 2.05) is 48.0 Å². The van der Waals surface area contributed by atoms with E-state index >= 15 is 0 Å². The maximum atomic E-state index is 13.4. The van der Waals surface area contributed by atoms with Gasteiger partial charge < -0.3 is 4.57 Å². The summed E-state index contributed by atoms with van der Waals surface area (Å²) in [4.78, 5) is 17.5. The summed E-state index contributed by atoms with van der Waals surface area (Å²) >= 11 is 1.30. The van der Waals surface area contributed by atoms with E-state index in [0.29, 0.717) is 10.4 Å². The predicted octanol–water partition coefficient (Wildman–Crippen LogP) is 4.27. The summed E-state index contributed by atoms with van der Waals surface area (Å²) in [6, 6.07) is 17.9. The third-order valence-corrected chi connectivity index (χ3v) is 5.08. The molecule has 0 aliphatic rings. The van der Waals surface area contributed by atoms with Crippen molar-refractivity contribution >= 4 is 38.2 Å². The fraction of sp³-hybridized carbons (Fsp3) is 0.0526. The van der Waals surface area contributed by atoms with E-state index < -0.39 is 0 Å². The molecular formula is C19H13FN2OS. The van der Waals surface area contributed by atoms with Crippen molar-refractivity contribution in [1.82, 2.24) is 4.57 Å². The van der Waals surface area contributed by atoms with Gasteiger partial charge in [0.15, 0.2) is 4.80 Å². The van der Waals surface area contributed by atoms with Gasteiger partial charge in [0.2, 0.25) is 0 Å². The Morgan fingerprint density at radius 3 is 2.75 bits per heavy atom. The van der Waals surface area contributed by atoms with Crippen molar-refractivity contribution in [2.24, 2.45) is 12.0 Å². The van der Waals surface area contributed by atoms with Crippen LogP contribution in [0.25, 0.3) is 21.0 Å². The Balaban J connectivity index is 1.89. The number of hydrogen-bond acceptors (Lipinski definition) is 2. The number of hydrogen-bond donors (Lipinski definition) is 0. The fourth-order valence-corrected chi connectivity index (χ4v) is 3.82. The van der Waals surface area contributed by atoms with Crippen LogP contribution < -0.4 is 4.80 Å². The second kappa shape index (κ2) is 5.69. The largest absolute Gasteiger partial charge is 0.319 e. The van der Waals surface area contributed by atoms with Crippen LogP contribution in [-0.4, -0.2) is 10.5 Å². The number of nitrogens with zero attached hydrogens (tertiary/aromatic N) is 2. The minimum Gasteiger partial charge on any atom is -0.319 e. The zero-order chi connectivity index (χ0) is 16.7. The fourth-order valence-electron chi connectivity index (χ4n) is 2.77. The van der Waals surface area contributed by atoms with Crippen LogP contribution in [0.5, 0.6) is 0 Å². The highest BCUT2D eigenvalue weighted by Crippen LogP contribution is 2.20. The van der Waals surface area contributed by atoms with Crippen LogP contribution in [0.4, 0.5) is 4.39 Å². The molecule has 1 amide bonds. The summed E-state index contributed by atoms with van der Waals surface area (Å²) in [5.74, 6) is -0.592. The van der Waals surface area contributed by atoms with E-state index in [-0.39, 0.29) is 11.7 Å². The molecule has 4 aromatic rings. The molecule has 1 aromatic heterocycles. The van der Waals surface area contributed by atoms with Gasteiger partial charge in [0, 0.05) is 12.6 Å². The molecule has 0 aliphatic carbocycles. The molecule has 0 fully saturated rings. The quantitative estimate of drug-likeness (QED) is 0.511. The van der Waals surface area contributed by atoms with Crippen LogP contribution >= 0.6 is 11.3 Å². The molecule has 3 nitrogen and oxygen atoms in total. The SMILES string of the molecule is Cn1c(=NC(=O)c2cccc3ccccc23)sc2cc(F)ccc21. The van der Waals surface area contributed by atoms with Crippen molar-refractivity contribution in [2.75, 3.05) is 0 Å². The Labute approximate surface area is 141 Å². The molecule has 0 N–H and O–H groups in total. The summed E-state index contributed by atoms with van der Waals surface area (Å²) in [5.41, 5.74) is 1.42. The number of halogens is 1. The van der Waals surface area contributed by atoms with E-state index in [1.54, 1.807) is 12.1 Å². The van der Waals surface area contributed by atoms with Crippen LogP contribution in [-0.2, 0) is 7.05 Å². The molecular weight excluding hydrogens is 323 g/mol. The molecule has 3 aromatic carbocycles. The first-order valence-corrected chi connectivity index (χ1v) is 8.27. The number of carbonyl (C=O) groups excluding carboxylic acids is 1. The van der Waals surface area contributed by atoms with Gasteiger partial charge in [-0.25, -0.2) is 4.39 Å². The normalized spacial score (nSPS) is 12.2. The maximum absolute atomic E-state index is 13.4. The van der Waals surface area contributed by atoms with Gasteiger partial charge in [-0.2, -0.15) is 4.99 Å². The Hall–Kier alpha value is -2.79. The summed E-state index contributed by atoms with van der Waals surface area (Å²) in [5, 5.41) is 1.88. The van der Waals surface area contributed by atoms with Gasteiger partial charge in [-0.1, -0.05) is 47.7 Å². The predicted molar refractivity (Wildman–Crippen MR) is 94.6 cm³/mol. The minimum absolute atomic E-state index is 0.295. The number of carbonyl (C=O) groups is 1. The van der Waals surface area contributed by atoms with Crippen molar-refractivity contribution in [3.05, 3.63) is 76.8 Å². The smallest absolute Gasteiger partial charge is 0.280 e. The first-order chi connectivity index (χ1) is 11.6. The monoisotopic (exact) mass is 336 g/mol. The molecule has 0 bridgehead atoms. The van der Waals surface area contributed by atoms with Crippen LogP contribution in [0, 0.1) is 5.82 Å². The number of rotatable bonds is 1. The lowest BCUT2D eigenvalue weighted by Gasteiger charge is -2.02. The number of aromatic nitrogens is 1. The third-order valence-electron chi connectivity index (χ3n) is 3.99. The summed E-state index contributed by atoms with van der Waals surface area (Å²) in [6.07, 6.45) is 0. The van der Waals surface area contributed by atoms with Crippen molar-refractivity contribution in [3.8, 4) is 0 Å². The lowest BCUT2D eigenvalue weighted by atomic mass is 10.0. The molecule has 4 rings (SSSR count). The standard InChI is InChI=1S/C19H13FN2OS/c1-22-16-10-9-13(20)11-17(16)24-19(22)21-18(23)15-8-4-6-12-5-2-3-7-14(12)15/h2-11H,1H3. The Morgan fingerprint density at radius 2 is 1.88 bits per heavy atom. The van der Waals surface area contributed by atoms with E-state index in [0.717, 1.165) is 21.0 Å². The number of amides is 1. The molecule has 0 spiro atoms. The Kier molecular flexibility index (Phi) is 3.50. The topological polar surface area (TPSA) is 34.4 Å². The van der Waals surface area contributed by atoms with Gasteiger partial charge in [-0.05, 0) is 35.0 Å². The number of thiazole rings is 1. The van der Waals surface area contributed by atoms with Crippen molar-refractivity contribution in [1.29, 1.82) is 0 Å². The number of fused-ring (bicyclic) bond motifs is 2. The molecule has 0 radical (unpaired) electrons. The zero-order valence-electron chi connectivity index (χ0n) is 12.9. The molecule has 0 unspecified atom stereocenters. The highest BCUT2D eigenvalue weighted by atomic mass is 32.1. The molecule has 0 aliphatic heterocycles. The van der Waals surface area contributed by atoms with E-state index in [4.69, 9.17) is 0 Å². The summed E-state index contributed by atoms with van der Waals surface area (Å²) < 4.78 is 16.0. The van der Waals surface area contributed by atoms with E-state index in [2.05, 4.69) is 4.99 Å². The van der Waals surface area contributed by atoms with Gasteiger partial charge in [0.1, 0.15) is 5.82 Å². The molecule has 0 atom stereocenters. The molecule has 1 heterocycles. The van der Waals surface area contributed by atoms with Crippen molar-refractivity contribution in [2.45, 2.75) is 0 Å². The van der Waals surface area contributed by atoms with Crippen LogP contribution in [0.2, 0.25) is 0 Å². The van der Waals surface area contributed by atoms with Gasteiger partial charge in [-0.3, -0.25) is 4.79 Å². The summed E-state index contributed by atoms with van der Waals surface area (Å²) in [6.45, 7) is 0. The van der Waals surface area contributed by atoms with Crippen LogP contribution in [0.15, 0.2) is 65.7 Å². The first-order valence-electron chi connectivity index (χ1n) is 7.45. The van der Waals surface area contributed by atoms with Crippen LogP contribution in [0.1, 0.15) is 10.4 Å². The average Bonchev–Trinajstić information content (AvgIpc) is 2.89. The number of benzene rings is 3. The van der Waals surface area contributed by atoms with Gasteiger partial charge in [0.25, 0.3) is 5.91 Å². The van der Waals surface area contributed by atoms with Gasteiger partial charge in [-0.15, -0.1) is 0 Å². The van der Waals surface area contributed by atoms with Crippen LogP contribution in [0.3, 0.4) is 0 Å². The first kappa shape index (κ1) is 14.8. The lowest BCUT2D eigenvalue weighted by Crippen LogP contribution is -2.13. The molecule has 0 saturated carbocycles. The zero-order valence-corrected chi connectivity index (χ0v) is 13.7. The van der Waals surface area contributed by atoms with Gasteiger partial charge in [0.05, 0.1) is 10.2 Å². The molecule has 118 valence electrons. The maximum Gasteiger partial charge on any atom is 0.280 e. The third kappa shape index (κ3) is 2.43. The Morgan fingerprint density at radius 1 is 1.08 bits per heavy atom. The summed E-state index contributed by atoms with van der Waals surface area (Å²) in [7, 11) is 1.83. The van der Waals surface area contributed by atoms with Gasteiger partial charge >= 0.3 is 0 Å². The molecule has 5 heteroatoms. The highest BCUT2D eigenvalue weighted by Gasteiger charge is 2.10. The molecule has 0 saturated heterocycles. The average molecular weight is 336 g/mol. The molecule has 24 heavy (non-hydrogen) atoms. The van der Waals surface area contributed by atoms with Crippen molar-refractivity contribution in [3.63, 3.8) is 0 Å². The van der Waals surface area contributed by atoms with E-state index in [9.17, 15) is 9.18 Å². The Bertz CT molecular complexity index is 1150. The number of aryl methyl sites for hydroxylation is 1. The highest BCUT2D eigenvalue weighted by molar-refractivity contribution is 7.16. The second-order valence-electron chi connectivity index (χ2n) is 5.50. The minimum atomic E-state index is -0.297. The lowest BCUT2D eigenvalue weighted by molar-refractivity contribution is 0.0999. The second-order valence-corrected chi connectivity index (χ2v) is 6.51. The van der Waals surface area contributed by atoms with Crippen molar-refractivity contribution < 1.29 is 9.18 Å². The van der Waals surface area contributed by atoms with E-state index in [1.165, 1.54) is 23.5 Å².